The van der Waals surface area contributed by atoms with Crippen molar-refractivity contribution in [1.29, 1.82) is 0 Å². The number of halogens is 1. The van der Waals surface area contributed by atoms with Gasteiger partial charge in [-0.3, -0.25) is 4.79 Å². The molecule has 0 fully saturated rings. The number of carbonyl (C=O) groups excluding carboxylic acids is 2. The van der Waals surface area contributed by atoms with Crippen molar-refractivity contribution >= 4 is 17.4 Å². The molecular formula is C15H11FNO3-. The van der Waals surface area contributed by atoms with Gasteiger partial charge in [0.05, 0.1) is 0 Å². The van der Waals surface area contributed by atoms with Crippen molar-refractivity contribution in [3.8, 4) is 0 Å². The second kappa shape index (κ2) is 5.52. The Morgan fingerprint density at radius 3 is 2.35 bits per heavy atom. The molecule has 0 unspecified atom stereocenters. The second-order valence-electron chi connectivity index (χ2n) is 4.26. The van der Waals surface area contributed by atoms with E-state index in [1.165, 1.54) is 36.4 Å². The van der Waals surface area contributed by atoms with E-state index < -0.39 is 11.8 Å². The van der Waals surface area contributed by atoms with Gasteiger partial charge in [-0.25, -0.2) is 4.39 Å². The Bertz CT molecular complexity index is 665. The fourth-order valence-corrected chi connectivity index (χ4v) is 1.88. The van der Waals surface area contributed by atoms with E-state index in [-0.39, 0.29) is 29.0 Å². The molecule has 0 saturated carbocycles. The van der Waals surface area contributed by atoms with Gasteiger partial charge in [-0.15, -0.1) is 0 Å². The van der Waals surface area contributed by atoms with Crippen molar-refractivity contribution in [3.63, 3.8) is 0 Å². The number of nitrogens with two attached hydrogens (primary N) is 1. The van der Waals surface area contributed by atoms with Crippen molar-refractivity contribution in [3.05, 3.63) is 65.0 Å². The van der Waals surface area contributed by atoms with Crippen LogP contribution in [-0.4, -0.2) is 11.8 Å². The average Bonchev–Trinajstić information content (AvgIpc) is 2.41. The van der Waals surface area contributed by atoms with E-state index >= 15 is 0 Å². The standard InChI is InChI=1S/C15H12FNO3/c16-11-6-4-9(5-7-11)15(20)12-3-1-2-10(14(12)17)8-13(18)19/h1-7H,8,17H2,(H,18,19)/p-1. The van der Waals surface area contributed by atoms with Crippen molar-refractivity contribution in [2.75, 3.05) is 5.73 Å². The third-order valence-corrected chi connectivity index (χ3v) is 2.88. The minimum Gasteiger partial charge on any atom is -0.550 e. The van der Waals surface area contributed by atoms with Crippen LogP contribution in [0.3, 0.4) is 0 Å². The zero-order chi connectivity index (χ0) is 14.7. The van der Waals surface area contributed by atoms with Gasteiger partial charge in [0.1, 0.15) is 5.82 Å². The molecule has 0 aliphatic rings. The molecule has 2 aromatic carbocycles. The van der Waals surface area contributed by atoms with E-state index in [9.17, 15) is 19.1 Å². The molecule has 0 radical (unpaired) electrons. The van der Waals surface area contributed by atoms with Crippen LogP contribution in [-0.2, 0) is 11.2 Å². The summed E-state index contributed by atoms with van der Waals surface area (Å²) in [7, 11) is 0. The monoisotopic (exact) mass is 272 g/mol. The summed E-state index contributed by atoms with van der Waals surface area (Å²) in [6.07, 6.45) is -0.365. The quantitative estimate of drug-likeness (QED) is 0.663. The molecule has 0 heterocycles. The summed E-state index contributed by atoms with van der Waals surface area (Å²) in [6, 6.07) is 9.62. The first-order valence-corrected chi connectivity index (χ1v) is 5.86. The predicted octanol–water partition coefficient (Wildman–Crippen LogP) is 0.931. The van der Waals surface area contributed by atoms with Crippen LogP contribution in [0.25, 0.3) is 0 Å². The molecule has 5 heteroatoms. The molecule has 4 nitrogen and oxygen atoms in total. The van der Waals surface area contributed by atoms with Gasteiger partial charge in [0.15, 0.2) is 5.78 Å². The van der Waals surface area contributed by atoms with Crippen LogP contribution >= 0.6 is 0 Å². The molecule has 0 aliphatic heterocycles. The van der Waals surface area contributed by atoms with E-state index in [4.69, 9.17) is 5.73 Å². The summed E-state index contributed by atoms with van der Waals surface area (Å²) in [5.41, 5.74) is 6.71. The highest BCUT2D eigenvalue weighted by atomic mass is 19.1. The van der Waals surface area contributed by atoms with Gasteiger partial charge in [-0.2, -0.15) is 0 Å². The van der Waals surface area contributed by atoms with Crippen LogP contribution in [0.1, 0.15) is 21.5 Å². The number of hydrogen-bond acceptors (Lipinski definition) is 4. The molecule has 2 rings (SSSR count). The highest BCUT2D eigenvalue weighted by molar-refractivity contribution is 6.12. The Labute approximate surface area is 114 Å². The third-order valence-electron chi connectivity index (χ3n) is 2.88. The summed E-state index contributed by atoms with van der Waals surface area (Å²) < 4.78 is 12.8. The third kappa shape index (κ3) is 2.83. The Hall–Kier alpha value is -2.69. The van der Waals surface area contributed by atoms with Gasteiger partial charge in [-0.05, 0) is 35.9 Å². The van der Waals surface area contributed by atoms with Crippen LogP contribution in [0, 0.1) is 5.82 Å². The number of para-hydroxylation sites is 1. The summed E-state index contributed by atoms with van der Waals surface area (Å²) in [6.45, 7) is 0. The van der Waals surface area contributed by atoms with Crippen LogP contribution in [0.15, 0.2) is 42.5 Å². The molecule has 20 heavy (non-hydrogen) atoms. The number of nitrogen functional groups attached to an aromatic ring is 1. The number of carboxylic acids is 1. The summed E-state index contributed by atoms with van der Waals surface area (Å²) in [5, 5.41) is 10.6. The lowest BCUT2D eigenvalue weighted by Crippen LogP contribution is -2.25. The SMILES string of the molecule is Nc1c(CC(=O)[O-])cccc1C(=O)c1ccc(F)cc1. The number of carbonyl (C=O) groups is 2. The first-order chi connectivity index (χ1) is 9.49. The highest BCUT2D eigenvalue weighted by Gasteiger charge is 2.14. The maximum atomic E-state index is 12.8. The van der Waals surface area contributed by atoms with Gasteiger partial charge >= 0.3 is 0 Å². The molecule has 2 N–H and O–H groups in total. The van der Waals surface area contributed by atoms with Crippen LogP contribution < -0.4 is 10.8 Å². The lowest BCUT2D eigenvalue weighted by atomic mass is 9.98. The Morgan fingerprint density at radius 2 is 1.75 bits per heavy atom. The largest absolute Gasteiger partial charge is 0.550 e. The molecule has 0 spiro atoms. The minimum atomic E-state index is -1.27. The zero-order valence-corrected chi connectivity index (χ0v) is 10.4. The first-order valence-electron chi connectivity index (χ1n) is 5.86. The van der Waals surface area contributed by atoms with Crippen molar-refractivity contribution in [2.24, 2.45) is 0 Å². The maximum absolute atomic E-state index is 12.8. The minimum absolute atomic E-state index is 0.103. The normalized spacial score (nSPS) is 10.2. The second-order valence-corrected chi connectivity index (χ2v) is 4.26. The molecule has 0 aliphatic carbocycles. The Balaban J connectivity index is 2.39. The summed E-state index contributed by atoms with van der Waals surface area (Å²) in [5.74, 6) is -2.11. The number of anilines is 1. The maximum Gasteiger partial charge on any atom is 0.195 e. The molecule has 0 amide bonds. The van der Waals surface area contributed by atoms with Gasteiger partial charge in [0.2, 0.25) is 0 Å². The molecule has 2 aromatic rings. The number of aliphatic carboxylic acids is 1. The smallest absolute Gasteiger partial charge is 0.195 e. The van der Waals surface area contributed by atoms with Crippen LogP contribution in [0.5, 0.6) is 0 Å². The molecule has 0 atom stereocenters. The van der Waals surface area contributed by atoms with E-state index in [2.05, 4.69) is 0 Å². The zero-order valence-electron chi connectivity index (χ0n) is 10.4. The lowest BCUT2D eigenvalue weighted by Gasteiger charge is -2.11. The molecular weight excluding hydrogens is 261 g/mol. The number of rotatable bonds is 4. The van der Waals surface area contributed by atoms with E-state index in [1.807, 2.05) is 0 Å². The fourth-order valence-electron chi connectivity index (χ4n) is 1.88. The van der Waals surface area contributed by atoms with Gasteiger partial charge in [0.25, 0.3) is 0 Å². The number of benzene rings is 2. The Morgan fingerprint density at radius 1 is 1.10 bits per heavy atom. The van der Waals surface area contributed by atoms with E-state index in [0.29, 0.717) is 5.56 Å². The molecule has 0 aromatic heterocycles. The average molecular weight is 272 g/mol. The highest BCUT2D eigenvalue weighted by Crippen LogP contribution is 2.21. The number of hydrogen-bond donors (Lipinski definition) is 1. The molecule has 0 saturated heterocycles. The predicted molar refractivity (Wildman–Crippen MR) is 69.4 cm³/mol. The number of carboxylic acid groups (broad SMARTS) is 1. The summed E-state index contributed by atoms with van der Waals surface area (Å²) in [4.78, 5) is 22.9. The van der Waals surface area contributed by atoms with Gasteiger partial charge in [0, 0.05) is 29.2 Å². The van der Waals surface area contributed by atoms with E-state index in [1.54, 1.807) is 6.07 Å². The molecule has 0 bridgehead atoms. The van der Waals surface area contributed by atoms with Gasteiger partial charge in [-0.1, -0.05) is 12.1 Å². The summed E-state index contributed by atoms with van der Waals surface area (Å²) >= 11 is 0. The van der Waals surface area contributed by atoms with Crippen LogP contribution in [0.2, 0.25) is 0 Å². The van der Waals surface area contributed by atoms with Crippen molar-refractivity contribution in [2.45, 2.75) is 6.42 Å². The Kier molecular flexibility index (Phi) is 3.79. The van der Waals surface area contributed by atoms with E-state index in [0.717, 1.165) is 0 Å². The number of ketones is 1. The topological polar surface area (TPSA) is 83.2 Å². The lowest BCUT2D eigenvalue weighted by molar-refractivity contribution is -0.304. The van der Waals surface area contributed by atoms with Crippen LogP contribution in [0.4, 0.5) is 10.1 Å². The fraction of sp³-hybridized carbons (Fsp3) is 0.0667. The van der Waals surface area contributed by atoms with Gasteiger partial charge < -0.3 is 15.6 Å². The van der Waals surface area contributed by atoms with Crippen molar-refractivity contribution in [1.82, 2.24) is 0 Å². The first kappa shape index (κ1) is 13.7. The van der Waals surface area contributed by atoms with Crippen molar-refractivity contribution < 1.29 is 19.1 Å². The molecule has 102 valence electrons.